The molecule has 0 aliphatic heterocycles. The Morgan fingerprint density at radius 3 is 2.63 bits per heavy atom. The maximum Gasteiger partial charge on any atom is 0.138 e. The summed E-state index contributed by atoms with van der Waals surface area (Å²) in [5.74, 6) is 0.929. The molecule has 0 fully saturated rings. The topological polar surface area (TPSA) is 42.7 Å². The van der Waals surface area contributed by atoms with Gasteiger partial charge >= 0.3 is 0 Å². The van der Waals surface area contributed by atoms with E-state index in [1.54, 1.807) is 12.5 Å². The lowest BCUT2D eigenvalue weighted by Crippen LogP contribution is -2.18. The second-order valence-corrected chi connectivity index (χ2v) is 5.72. The highest BCUT2D eigenvalue weighted by atomic mass is 15.1. The normalized spacial score (nSPS) is 11.8. The van der Waals surface area contributed by atoms with Crippen LogP contribution in [0.3, 0.4) is 0 Å². The van der Waals surface area contributed by atoms with Crippen molar-refractivity contribution in [3.63, 3.8) is 0 Å². The van der Waals surface area contributed by atoms with Crippen LogP contribution in [0, 0.1) is 0 Å². The molecule has 0 unspecified atom stereocenters. The Morgan fingerprint density at radius 1 is 1.26 bits per heavy atom. The van der Waals surface area contributed by atoms with Crippen molar-refractivity contribution < 1.29 is 0 Å². The molecule has 0 bridgehead atoms. The average molecular weight is 258 g/mol. The first kappa shape index (κ1) is 13.7. The second kappa shape index (κ2) is 5.53. The van der Waals surface area contributed by atoms with Gasteiger partial charge in [0.1, 0.15) is 12.1 Å². The lowest BCUT2D eigenvalue weighted by Gasteiger charge is -2.20. The predicted octanol–water partition coefficient (Wildman–Crippen LogP) is 2.67. The van der Waals surface area contributed by atoms with E-state index in [9.17, 15) is 0 Å². The third-order valence-corrected chi connectivity index (χ3v) is 2.99. The van der Waals surface area contributed by atoms with Crippen LogP contribution in [0.15, 0.2) is 30.9 Å². The number of rotatable bonds is 4. The molecule has 19 heavy (non-hydrogen) atoms. The smallest absolute Gasteiger partial charge is 0.138 e. The minimum Gasteiger partial charge on any atom is -0.313 e. The van der Waals surface area contributed by atoms with Crippen LogP contribution in [-0.4, -0.2) is 21.1 Å². The van der Waals surface area contributed by atoms with Crippen LogP contribution < -0.4 is 5.32 Å². The average Bonchev–Trinajstić information content (AvgIpc) is 2.89. The van der Waals surface area contributed by atoms with Crippen LogP contribution in [0.4, 0.5) is 0 Å². The van der Waals surface area contributed by atoms with E-state index < -0.39 is 0 Å². The summed E-state index contributed by atoms with van der Waals surface area (Å²) in [7, 11) is 0. The van der Waals surface area contributed by atoms with Gasteiger partial charge in [-0.1, -0.05) is 27.7 Å². The number of nitrogens with one attached hydrogen (secondary N) is 1. The Balaban J connectivity index is 2.43. The zero-order valence-corrected chi connectivity index (χ0v) is 12.1. The summed E-state index contributed by atoms with van der Waals surface area (Å²) in [4.78, 5) is 8.84. The van der Waals surface area contributed by atoms with Crippen LogP contribution in [0.5, 0.6) is 0 Å². The minimum absolute atomic E-state index is 0.0392. The van der Waals surface area contributed by atoms with Gasteiger partial charge in [-0.15, -0.1) is 0 Å². The molecule has 1 N–H and O–H groups in total. The predicted molar refractivity (Wildman–Crippen MR) is 77.4 cm³/mol. The molecule has 0 saturated carbocycles. The van der Waals surface area contributed by atoms with Crippen molar-refractivity contribution in [1.29, 1.82) is 0 Å². The maximum atomic E-state index is 4.75. The van der Waals surface area contributed by atoms with E-state index in [0.29, 0.717) is 0 Å². The summed E-state index contributed by atoms with van der Waals surface area (Å²) in [6.45, 7) is 10.5. The van der Waals surface area contributed by atoms with Gasteiger partial charge in [-0.2, -0.15) is 0 Å². The van der Waals surface area contributed by atoms with Crippen LogP contribution in [-0.2, 0) is 12.0 Å². The molecule has 4 nitrogen and oxygen atoms in total. The molecule has 0 aliphatic rings. The monoisotopic (exact) mass is 258 g/mol. The van der Waals surface area contributed by atoms with Gasteiger partial charge in [0, 0.05) is 30.0 Å². The van der Waals surface area contributed by atoms with Crippen LogP contribution >= 0.6 is 0 Å². The molecular weight excluding hydrogens is 236 g/mol. The van der Waals surface area contributed by atoms with Crippen LogP contribution in [0.25, 0.3) is 5.82 Å². The Morgan fingerprint density at radius 2 is 2.05 bits per heavy atom. The molecule has 2 rings (SSSR count). The molecule has 0 saturated heterocycles. The first-order valence-corrected chi connectivity index (χ1v) is 6.71. The van der Waals surface area contributed by atoms with Crippen molar-refractivity contribution in [2.24, 2.45) is 0 Å². The van der Waals surface area contributed by atoms with E-state index in [-0.39, 0.29) is 5.41 Å². The molecule has 0 radical (unpaired) electrons. The molecule has 0 aromatic carbocycles. The van der Waals surface area contributed by atoms with E-state index in [2.05, 4.69) is 50.1 Å². The van der Waals surface area contributed by atoms with Gasteiger partial charge in [0.2, 0.25) is 0 Å². The number of pyridine rings is 1. The summed E-state index contributed by atoms with van der Waals surface area (Å²) in [5.41, 5.74) is 2.40. The van der Waals surface area contributed by atoms with Crippen LogP contribution in [0.2, 0.25) is 0 Å². The van der Waals surface area contributed by atoms with Crippen molar-refractivity contribution in [3.8, 4) is 5.82 Å². The fourth-order valence-corrected chi connectivity index (χ4v) is 1.85. The third-order valence-electron chi connectivity index (χ3n) is 2.99. The fraction of sp³-hybridized carbons (Fsp3) is 0.467. The Labute approximate surface area is 114 Å². The number of hydrogen-bond acceptors (Lipinski definition) is 3. The summed E-state index contributed by atoms with van der Waals surface area (Å²) in [5, 5.41) is 3.36. The zero-order valence-electron chi connectivity index (χ0n) is 12.1. The van der Waals surface area contributed by atoms with E-state index in [1.165, 1.54) is 5.56 Å². The SMILES string of the molecule is CCNCc1cc(-n2ccnc2)nc(C(C)(C)C)c1. The van der Waals surface area contributed by atoms with Gasteiger partial charge < -0.3 is 5.32 Å². The first-order chi connectivity index (χ1) is 9.00. The highest BCUT2D eigenvalue weighted by Gasteiger charge is 2.17. The van der Waals surface area contributed by atoms with Crippen molar-refractivity contribution in [3.05, 3.63) is 42.1 Å². The second-order valence-electron chi connectivity index (χ2n) is 5.72. The maximum absolute atomic E-state index is 4.75. The molecule has 0 atom stereocenters. The highest BCUT2D eigenvalue weighted by molar-refractivity contribution is 5.33. The molecule has 2 aromatic rings. The fourth-order valence-electron chi connectivity index (χ4n) is 1.85. The summed E-state index contributed by atoms with van der Waals surface area (Å²) >= 11 is 0. The quantitative estimate of drug-likeness (QED) is 0.917. The number of nitrogens with zero attached hydrogens (tertiary/aromatic N) is 3. The molecule has 0 aliphatic carbocycles. The van der Waals surface area contributed by atoms with E-state index in [0.717, 1.165) is 24.6 Å². The van der Waals surface area contributed by atoms with E-state index in [4.69, 9.17) is 4.98 Å². The zero-order chi connectivity index (χ0) is 13.9. The van der Waals surface area contributed by atoms with E-state index >= 15 is 0 Å². The summed E-state index contributed by atoms with van der Waals surface area (Å²) in [6, 6.07) is 4.29. The number of hydrogen-bond donors (Lipinski definition) is 1. The first-order valence-electron chi connectivity index (χ1n) is 6.71. The molecule has 102 valence electrons. The van der Waals surface area contributed by atoms with Crippen LogP contribution in [0.1, 0.15) is 39.0 Å². The van der Waals surface area contributed by atoms with Crippen molar-refractivity contribution in [2.75, 3.05) is 6.54 Å². The minimum atomic E-state index is 0.0392. The summed E-state index contributed by atoms with van der Waals surface area (Å²) < 4.78 is 1.95. The Hall–Kier alpha value is -1.68. The van der Waals surface area contributed by atoms with Gasteiger partial charge in [0.15, 0.2) is 0 Å². The lowest BCUT2D eigenvalue weighted by molar-refractivity contribution is 0.565. The number of imidazole rings is 1. The molecule has 0 spiro atoms. The number of aromatic nitrogens is 3. The lowest BCUT2D eigenvalue weighted by atomic mass is 9.90. The van der Waals surface area contributed by atoms with Crippen molar-refractivity contribution >= 4 is 0 Å². The molecule has 4 heteroatoms. The standard InChI is InChI=1S/C15H22N4/c1-5-16-10-12-8-13(15(2,3)4)18-14(9-12)19-7-6-17-11-19/h6-9,11,16H,5,10H2,1-4H3. The van der Waals surface area contributed by atoms with Gasteiger partial charge in [0.05, 0.1) is 0 Å². The molecule has 2 aromatic heterocycles. The summed E-state index contributed by atoms with van der Waals surface area (Å²) in [6.07, 6.45) is 5.48. The van der Waals surface area contributed by atoms with E-state index in [1.807, 2.05) is 10.8 Å². The van der Waals surface area contributed by atoms with Gasteiger partial charge in [-0.25, -0.2) is 9.97 Å². The molecule has 0 amide bonds. The molecular formula is C15H22N4. The van der Waals surface area contributed by atoms with Gasteiger partial charge in [-0.3, -0.25) is 4.57 Å². The largest absolute Gasteiger partial charge is 0.313 e. The molecule has 2 heterocycles. The Bertz CT molecular complexity index is 524. The van der Waals surface area contributed by atoms with Crippen molar-refractivity contribution in [2.45, 2.75) is 39.7 Å². The highest BCUT2D eigenvalue weighted by Crippen LogP contribution is 2.23. The Kier molecular flexibility index (Phi) is 4.00. The third kappa shape index (κ3) is 3.41. The van der Waals surface area contributed by atoms with Crippen molar-refractivity contribution in [1.82, 2.24) is 19.9 Å². The van der Waals surface area contributed by atoms with Gasteiger partial charge in [0.25, 0.3) is 0 Å². The van der Waals surface area contributed by atoms with Gasteiger partial charge in [-0.05, 0) is 24.2 Å².